The molecule has 0 radical (unpaired) electrons. The first kappa shape index (κ1) is 22.3. The van der Waals surface area contributed by atoms with E-state index < -0.39 is 23.8 Å². The van der Waals surface area contributed by atoms with Crippen molar-refractivity contribution in [2.24, 2.45) is 0 Å². The number of esters is 1. The minimum absolute atomic E-state index is 0.185. The molecule has 1 heterocycles. The molecule has 0 saturated carbocycles. The smallest absolute Gasteiger partial charge is 0.337 e. The molecule has 0 bridgehead atoms. The molecule has 0 unspecified atom stereocenters. The van der Waals surface area contributed by atoms with Gasteiger partial charge in [0, 0.05) is 0 Å². The van der Waals surface area contributed by atoms with Crippen molar-refractivity contribution in [1.82, 2.24) is 5.32 Å². The fourth-order valence-corrected chi connectivity index (χ4v) is 2.96. The van der Waals surface area contributed by atoms with Crippen molar-refractivity contribution in [3.63, 3.8) is 0 Å². The number of nitrogens with one attached hydrogen (secondary N) is 1. The summed E-state index contributed by atoms with van der Waals surface area (Å²) in [5, 5.41) is 2.15. The highest BCUT2D eigenvalue weighted by Crippen LogP contribution is 2.30. The van der Waals surface area contributed by atoms with Gasteiger partial charge in [0.25, 0.3) is 11.8 Å². The maximum atomic E-state index is 13.0. The number of methoxy groups -OCH3 is 2. The summed E-state index contributed by atoms with van der Waals surface area (Å²) in [5.41, 5.74) is 0.674. The van der Waals surface area contributed by atoms with E-state index in [4.69, 9.17) is 9.47 Å². The van der Waals surface area contributed by atoms with Crippen LogP contribution in [0.4, 0.5) is 10.5 Å². The topological polar surface area (TPSA) is 111 Å². The lowest BCUT2D eigenvalue weighted by Crippen LogP contribution is -2.54. The van der Waals surface area contributed by atoms with E-state index in [1.165, 1.54) is 44.6 Å². The molecule has 9 nitrogen and oxygen atoms in total. The Morgan fingerprint density at radius 3 is 2.41 bits per heavy atom. The summed E-state index contributed by atoms with van der Waals surface area (Å²) < 4.78 is 15.4. The monoisotopic (exact) mass is 436 g/mol. The van der Waals surface area contributed by atoms with Crippen LogP contribution in [0, 0.1) is 0 Å². The number of urea groups is 1. The Kier molecular flexibility index (Phi) is 6.69. The van der Waals surface area contributed by atoms with Crippen LogP contribution in [0.3, 0.4) is 0 Å². The molecule has 0 atom stereocenters. The van der Waals surface area contributed by atoms with E-state index in [1.54, 1.807) is 24.3 Å². The molecule has 2 aromatic rings. The maximum absolute atomic E-state index is 13.0. The van der Waals surface area contributed by atoms with Crippen LogP contribution in [-0.4, -0.2) is 44.6 Å². The van der Waals surface area contributed by atoms with Gasteiger partial charge in [0.15, 0.2) is 11.5 Å². The molecule has 1 aliphatic heterocycles. The highest BCUT2D eigenvalue weighted by molar-refractivity contribution is 6.39. The van der Waals surface area contributed by atoms with Crippen LogP contribution in [0.5, 0.6) is 11.5 Å². The quantitative estimate of drug-likeness (QED) is 0.307. The summed E-state index contributed by atoms with van der Waals surface area (Å²) in [6.45, 7) is 3.87. The van der Waals surface area contributed by atoms with Gasteiger partial charge in [0.1, 0.15) is 12.2 Å². The van der Waals surface area contributed by atoms with Gasteiger partial charge in [-0.2, -0.15) is 0 Å². The van der Waals surface area contributed by atoms with Crippen molar-refractivity contribution in [3.8, 4) is 11.5 Å². The molecule has 1 fully saturated rings. The van der Waals surface area contributed by atoms with Gasteiger partial charge in [-0.15, -0.1) is 0 Å². The van der Waals surface area contributed by atoms with E-state index >= 15 is 0 Å². The number of amides is 4. The predicted octanol–water partition coefficient (Wildman–Crippen LogP) is 2.71. The molecular weight excluding hydrogens is 416 g/mol. The van der Waals surface area contributed by atoms with E-state index in [0.717, 1.165) is 4.90 Å². The predicted molar refractivity (Wildman–Crippen MR) is 115 cm³/mol. The second kappa shape index (κ2) is 9.61. The summed E-state index contributed by atoms with van der Waals surface area (Å²) in [6, 6.07) is 9.61. The fraction of sp³-hybridized carbons (Fsp3) is 0.130. The SMILES string of the molecule is C=CCOc1ccc(/C=C2\C(=O)NC(=O)N(c3ccc(C(=O)OC)cc3)C2=O)cc1OC. The number of carbonyl (C=O) groups is 4. The minimum Gasteiger partial charge on any atom is -0.493 e. The van der Waals surface area contributed by atoms with Crippen LogP contribution in [0.2, 0.25) is 0 Å². The number of barbiturate groups is 1. The van der Waals surface area contributed by atoms with Crippen molar-refractivity contribution in [2.75, 3.05) is 25.7 Å². The largest absolute Gasteiger partial charge is 0.493 e. The molecule has 1 aliphatic rings. The Bertz CT molecular complexity index is 1120. The van der Waals surface area contributed by atoms with Crippen LogP contribution in [0.25, 0.3) is 6.08 Å². The van der Waals surface area contributed by atoms with Crippen molar-refractivity contribution < 1.29 is 33.4 Å². The summed E-state index contributed by atoms with van der Waals surface area (Å²) in [5.74, 6) is -1.33. The number of ether oxygens (including phenoxy) is 3. The van der Waals surface area contributed by atoms with E-state index in [0.29, 0.717) is 17.1 Å². The zero-order chi connectivity index (χ0) is 23.3. The Labute approximate surface area is 183 Å². The van der Waals surface area contributed by atoms with Crippen LogP contribution in [0.15, 0.2) is 60.7 Å². The van der Waals surface area contributed by atoms with E-state index in [2.05, 4.69) is 16.6 Å². The molecule has 0 aromatic heterocycles. The number of benzene rings is 2. The number of hydrogen-bond acceptors (Lipinski definition) is 7. The first-order valence-electron chi connectivity index (χ1n) is 9.41. The molecule has 1 N–H and O–H groups in total. The minimum atomic E-state index is -0.895. The third-order valence-corrected chi connectivity index (χ3v) is 4.50. The second-order valence-corrected chi connectivity index (χ2v) is 6.51. The van der Waals surface area contributed by atoms with Gasteiger partial charge in [-0.05, 0) is 48.0 Å². The molecule has 164 valence electrons. The van der Waals surface area contributed by atoms with Crippen LogP contribution in [0.1, 0.15) is 15.9 Å². The van der Waals surface area contributed by atoms with Crippen molar-refractivity contribution in [2.45, 2.75) is 0 Å². The molecular formula is C23H20N2O7. The van der Waals surface area contributed by atoms with E-state index in [1.807, 2.05) is 0 Å². The third kappa shape index (κ3) is 4.51. The normalized spacial score (nSPS) is 14.8. The highest BCUT2D eigenvalue weighted by atomic mass is 16.5. The van der Waals surface area contributed by atoms with Gasteiger partial charge in [-0.3, -0.25) is 14.9 Å². The number of rotatable bonds is 7. The van der Waals surface area contributed by atoms with E-state index in [-0.39, 0.29) is 23.4 Å². The first-order chi connectivity index (χ1) is 15.4. The number of anilines is 1. The molecule has 1 saturated heterocycles. The second-order valence-electron chi connectivity index (χ2n) is 6.51. The van der Waals surface area contributed by atoms with Gasteiger partial charge in [-0.1, -0.05) is 18.7 Å². The molecule has 3 rings (SSSR count). The number of carbonyl (C=O) groups excluding carboxylic acids is 4. The number of nitrogens with zero attached hydrogens (tertiary/aromatic N) is 1. The molecule has 0 spiro atoms. The Morgan fingerprint density at radius 1 is 1.06 bits per heavy atom. The van der Waals surface area contributed by atoms with Gasteiger partial charge in [0.05, 0.1) is 25.5 Å². The Hall–Kier alpha value is -4.40. The summed E-state index contributed by atoms with van der Waals surface area (Å²) in [7, 11) is 2.71. The maximum Gasteiger partial charge on any atom is 0.337 e. The van der Waals surface area contributed by atoms with Gasteiger partial charge >= 0.3 is 12.0 Å². The van der Waals surface area contributed by atoms with Crippen LogP contribution in [-0.2, 0) is 14.3 Å². The molecule has 0 aliphatic carbocycles. The van der Waals surface area contributed by atoms with Gasteiger partial charge in [0.2, 0.25) is 0 Å². The first-order valence-corrected chi connectivity index (χ1v) is 9.41. The average molecular weight is 436 g/mol. The van der Waals surface area contributed by atoms with Crippen LogP contribution >= 0.6 is 0 Å². The molecule has 9 heteroatoms. The Balaban J connectivity index is 1.93. The van der Waals surface area contributed by atoms with Crippen molar-refractivity contribution in [1.29, 1.82) is 0 Å². The fourth-order valence-electron chi connectivity index (χ4n) is 2.96. The molecule has 4 amide bonds. The summed E-state index contributed by atoms with van der Waals surface area (Å²) in [6.07, 6.45) is 2.93. The van der Waals surface area contributed by atoms with Crippen LogP contribution < -0.4 is 19.7 Å². The lowest BCUT2D eigenvalue weighted by atomic mass is 10.1. The molecule has 32 heavy (non-hydrogen) atoms. The third-order valence-electron chi connectivity index (χ3n) is 4.50. The van der Waals surface area contributed by atoms with Gasteiger partial charge in [-0.25, -0.2) is 14.5 Å². The zero-order valence-electron chi connectivity index (χ0n) is 17.4. The van der Waals surface area contributed by atoms with E-state index in [9.17, 15) is 19.2 Å². The summed E-state index contributed by atoms with van der Waals surface area (Å²) >= 11 is 0. The lowest BCUT2D eigenvalue weighted by Gasteiger charge is -2.26. The highest BCUT2D eigenvalue weighted by Gasteiger charge is 2.36. The Morgan fingerprint density at radius 2 is 1.78 bits per heavy atom. The average Bonchev–Trinajstić information content (AvgIpc) is 2.80. The lowest BCUT2D eigenvalue weighted by molar-refractivity contribution is -0.122. The van der Waals surface area contributed by atoms with Gasteiger partial charge < -0.3 is 14.2 Å². The summed E-state index contributed by atoms with van der Waals surface area (Å²) in [4.78, 5) is 50.1. The standard InChI is InChI=1S/C23H20N2O7/c1-4-11-32-18-10-5-14(13-19(18)30-2)12-17-20(26)24-23(29)25(21(17)27)16-8-6-15(7-9-16)22(28)31-3/h4-10,12-13H,1,11H2,2-3H3,(H,24,26,29)/b17-12+. The number of imide groups is 2. The van der Waals surface area contributed by atoms with Crippen molar-refractivity contribution >= 4 is 35.6 Å². The van der Waals surface area contributed by atoms with Crippen molar-refractivity contribution in [3.05, 3.63) is 71.8 Å². The zero-order valence-corrected chi connectivity index (χ0v) is 17.4. The number of hydrogen-bond donors (Lipinski definition) is 1. The molecule has 2 aromatic carbocycles.